The highest BCUT2D eigenvalue weighted by atomic mass is 32.2. The van der Waals surface area contributed by atoms with Crippen LogP contribution in [0.2, 0.25) is 0 Å². The average Bonchev–Trinajstić information content (AvgIpc) is 2.94. The summed E-state index contributed by atoms with van der Waals surface area (Å²) in [5, 5.41) is 5.85. The van der Waals surface area contributed by atoms with Gasteiger partial charge in [-0.2, -0.15) is 4.31 Å². The van der Waals surface area contributed by atoms with Gasteiger partial charge in [-0.3, -0.25) is 9.59 Å². The number of carbonyl (C=O) groups is 2. The topological polar surface area (TPSA) is 98.8 Å². The fourth-order valence-corrected chi connectivity index (χ4v) is 7.68. The van der Waals surface area contributed by atoms with Crippen molar-refractivity contribution in [3.63, 3.8) is 0 Å². The van der Waals surface area contributed by atoms with Crippen LogP contribution in [0.3, 0.4) is 0 Å². The van der Waals surface area contributed by atoms with Gasteiger partial charge < -0.3 is 15.5 Å². The van der Waals surface area contributed by atoms with Gasteiger partial charge in [0.1, 0.15) is 6.04 Å². The first-order valence-electron chi connectivity index (χ1n) is 14.3. The molecule has 2 aromatic carbocycles. The SMILES string of the molecule is Cc1ccc(S(=O)(=O)N2CCNC(=O)[C@H]2CC(=O)N[C@@H]2CCCc3cc(CCN4CCCCC4)ccc32)cc1. The van der Waals surface area contributed by atoms with E-state index in [1.807, 2.05) is 6.92 Å². The van der Waals surface area contributed by atoms with E-state index in [4.69, 9.17) is 0 Å². The number of fused-ring (bicyclic) bond motifs is 1. The highest BCUT2D eigenvalue weighted by molar-refractivity contribution is 7.89. The van der Waals surface area contributed by atoms with Crippen LogP contribution in [0.15, 0.2) is 47.4 Å². The van der Waals surface area contributed by atoms with E-state index in [-0.39, 0.29) is 36.4 Å². The molecule has 39 heavy (non-hydrogen) atoms. The van der Waals surface area contributed by atoms with Crippen LogP contribution in [0.1, 0.15) is 66.8 Å². The van der Waals surface area contributed by atoms with Crippen molar-refractivity contribution < 1.29 is 18.0 Å². The first-order valence-corrected chi connectivity index (χ1v) is 15.7. The van der Waals surface area contributed by atoms with Crippen molar-refractivity contribution >= 4 is 21.8 Å². The third-order valence-corrected chi connectivity index (χ3v) is 10.2. The Kier molecular flexibility index (Phi) is 8.69. The number of aryl methyl sites for hydroxylation is 2. The van der Waals surface area contributed by atoms with Gasteiger partial charge in [0, 0.05) is 19.6 Å². The number of hydrogen-bond acceptors (Lipinski definition) is 5. The van der Waals surface area contributed by atoms with Crippen molar-refractivity contribution in [3.05, 3.63) is 64.7 Å². The molecule has 2 aromatic rings. The Bertz CT molecular complexity index is 1290. The van der Waals surface area contributed by atoms with Crippen molar-refractivity contribution in [1.29, 1.82) is 0 Å². The lowest BCUT2D eigenvalue weighted by Gasteiger charge is -2.34. The number of sulfonamides is 1. The number of nitrogens with zero attached hydrogens (tertiary/aromatic N) is 2. The molecule has 0 unspecified atom stereocenters. The zero-order valence-electron chi connectivity index (χ0n) is 22.8. The number of piperidine rings is 1. The molecule has 2 fully saturated rings. The molecule has 2 saturated heterocycles. The highest BCUT2D eigenvalue weighted by Crippen LogP contribution is 2.31. The maximum atomic E-state index is 13.4. The molecule has 8 nitrogen and oxygen atoms in total. The normalized spacial score (nSPS) is 22.6. The first-order chi connectivity index (χ1) is 18.8. The predicted molar refractivity (Wildman–Crippen MR) is 151 cm³/mol. The smallest absolute Gasteiger partial charge is 0.243 e. The van der Waals surface area contributed by atoms with E-state index in [9.17, 15) is 18.0 Å². The summed E-state index contributed by atoms with van der Waals surface area (Å²) >= 11 is 0. The van der Waals surface area contributed by atoms with Gasteiger partial charge in [-0.15, -0.1) is 0 Å². The van der Waals surface area contributed by atoms with Gasteiger partial charge in [0.15, 0.2) is 0 Å². The molecule has 2 aliphatic heterocycles. The van der Waals surface area contributed by atoms with Crippen LogP contribution in [-0.2, 0) is 32.5 Å². The molecule has 0 bridgehead atoms. The molecule has 9 heteroatoms. The molecule has 2 amide bonds. The Morgan fingerprint density at radius 2 is 1.79 bits per heavy atom. The molecule has 3 aliphatic rings. The molecular formula is C30H40N4O4S. The summed E-state index contributed by atoms with van der Waals surface area (Å²) in [5.74, 6) is -0.748. The number of nitrogens with one attached hydrogen (secondary N) is 2. The molecule has 0 spiro atoms. The predicted octanol–water partition coefficient (Wildman–Crippen LogP) is 3.10. The van der Waals surface area contributed by atoms with Crippen LogP contribution in [0.5, 0.6) is 0 Å². The second-order valence-electron chi connectivity index (χ2n) is 11.1. The average molecular weight is 553 g/mol. The van der Waals surface area contributed by atoms with Crippen LogP contribution in [0.25, 0.3) is 0 Å². The molecule has 5 rings (SSSR count). The molecule has 2 heterocycles. The molecular weight excluding hydrogens is 512 g/mol. The van der Waals surface area contributed by atoms with E-state index in [1.165, 1.54) is 47.8 Å². The van der Waals surface area contributed by atoms with E-state index >= 15 is 0 Å². The Balaban J connectivity index is 1.24. The van der Waals surface area contributed by atoms with Crippen molar-refractivity contribution in [2.24, 2.45) is 0 Å². The van der Waals surface area contributed by atoms with E-state index in [1.54, 1.807) is 24.3 Å². The maximum Gasteiger partial charge on any atom is 0.243 e. The number of likely N-dealkylation sites (tertiary alicyclic amines) is 1. The van der Waals surface area contributed by atoms with E-state index in [2.05, 4.69) is 33.7 Å². The summed E-state index contributed by atoms with van der Waals surface area (Å²) in [6, 6.07) is 12.0. The first kappa shape index (κ1) is 27.8. The van der Waals surface area contributed by atoms with E-state index in [0.717, 1.165) is 43.4 Å². The molecule has 210 valence electrons. The Hall–Kier alpha value is -2.75. The number of amides is 2. The lowest BCUT2D eigenvalue weighted by molar-refractivity contribution is -0.132. The van der Waals surface area contributed by atoms with Gasteiger partial charge in [0.2, 0.25) is 21.8 Å². The van der Waals surface area contributed by atoms with Crippen molar-refractivity contribution in [2.75, 3.05) is 32.7 Å². The summed E-state index contributed by atoms with van der Waals surface area (Å²) in [5.41, 5.74) is 4.69. The second-order valence-corrected chi connectivity index (χ2v) is 13.0. The molecule has 2 atom stereocenters. The minimum Gasteiger partial charge on any atom is -0.353 e. The number of carbonyl (C=O) groups excluding carboxylic acids is 2. The van der Waals surface area contributed by atoms with Crippen molar-refractivity contribution in [3.8, 4) is 0 Å². The quantitative estimate of drug-likeness (QED) is 0.525. The minimum absolute atomic E-state index is 0.130. The van der Waals surface area contributed by atoms with E-state index in [0.29, 0.717) is 0 Å². The fourth-order valence-electron chi connectivity index (χ4n) is 6.09. The van der Waals surface area contributed by atoms with Crippen molar-refractivity contribution in [1.82, 2.24) is 19.8 Å². The minimum atomic E-state index is -3.92. The van der Waals surface area contributed by atoms with E-state index < -0.39 is 22.0 Å². The molecule has 0 radical (unpaired) electrons. The zero-order valence-corrected chi connectivity index (χ0v) is 23.6. The Labute approximate surface area is 232 Å². The van der Waals surface area contributed by atoms with Crippen LogP contribution in [0.4, 0.5) is 0 Å². The number of benzene rings is 2. The largest absolute Gasteiger partial charge is 0.353 e. The summed E-state index contributed by atoms with van der Waals surface area (Å²) in [6.07, 6.45) is 7.55. The van der Waals surface area contributed by atoms with Crippen molar-refractivity contribution in [2.45, 2.75) is 75.3 Å². The second kappa shape index (κ2) is 12.2. The van der Waals surface area contributed by atoms with Gasteiger partial charge in [0.25, 0.3) is 0 Å². The Morgan fingerprint density at radius 3 is 2.56 bits per heavy atom. The van der Waals surface area contributed by atoms with Gasteiger partial charge in [-0.25, -0.2) is 8.42 Å². The summed E-state index contributed by atoms with van der Waals surface area (Å²) in [7, 11) is -3.92. The van der Waals surface area contributed by atoms with Crippen LogP contribution < -0.4 is 10.6 Å². The maximum absolute atomic E-state index is 13.4. The van der Waals surface area contributed by atoms with Crippen LogP contribution >= 0.6 is 0 Å². The Morgan fingerprint density at radius 1 is 1.03 bits per heavy atom. The monoisotopic (exact) mass is 552 g/mol. The lowest BCUT2D eigenvalue weighted by Crippen LogP contribution is -2.58. The van der Waals surface area contributed by atoms with Crippen LogP contribution in [0, 0.1) is 6.92 Å². The standard InChI is InChI=1S/C30H40N4O4S/c1-22-8-11-25(12-9-22)39(37,38)34-19-15-31-30(36)28(34)21-29(35)32-27-7-5-6-24-20-23(10-13-26(24)27)14-18-33-16-3-2-4-17-33/h8-13,20,27-28H,2-7,14-19,21H2,1H3,(H,31,36)(H,32,35)/t27-,28-/m1/s1. The van der Waals surface area contributed by atoms with Gasteiger partial charge in [0.05, 0.1) is 17.4 Å². The molecule has 0 saturated carbocycles. The molecule has 2 N–H and O–H groups in total. The summed E-state index contributed by atoms with van der Waals surface area (Å²) < 4.78 is 28.0. The fraction of sp³-hybridized carbons (Fsp3) is 0.533. The van der Waals surface area contributed by atoms with Gasteiger partial charge in [-0.1, -0.05) is 42.3 Å². The molecule has 0 aromatic heterocycles. The summed E-state index contributed by atoms with van der Waals surface area (Å²) in [4.78, 5) is 28.7. The lowest BCUT2D eigenvalue weighted by atomic mass is 9.86. The highest BCUT2D eigenvalue weighted by Gasteiger charge is 2.40. The molecule has 1 aliphatic carbocycles. The third-order valence-electron chi connectivity index (χ3n) is 8.31. The van der Waals surface area contributed by atoms with Gasteiger partial charge >= 0.3 is 0 Å². The zero-order chi connectivity index (χ0) is 27.4. The number of piperazine rings is 1. The summed E-state index contributed by atoms with van der Waals surface area (Å²) in [6.45, 7) is 5.72. The van der Waals surface area contributed by atoms with Crippen LogP contribution in [-0.4, -0.2) is 68.2 Å². The van der Waals surface area contributed by atoms with Gasteiger partial charge in [-0.05, 0) is 87.4 Å². The number of hydrogen-bond donors (Lipinski definition) is 2. The number of rotatable bonds is 8. The third kappa shape index (κ3) is 6.53.